The summed E-state index contributed by atoms with van der Waals surface area (Å²) in [5.74, 6) is 1.99. The zero-order valence-electron chi connectivity index (χ0n) is 14.8. The molecule has 0 amide bonds. The number of benzene rings is 1. The van der Waals surface area contributed by atoms with Crippen molar-refractivity contribution in [1.82, 2.24) is 30.0 Å². The predicted octanol–water partition coefficient (Wildman–Crippen LogP) is 4.04. The molecular weight excluding hydrogens is 376 g/mol. The highest BCUT2D eigenvalue weighted by Gasteiger charge is 2.22. The highest BCUT2D eigenvalue weighted by Crippen LogP contribution is 2.34. The van der Waals surface area contributed by atoms with Crippen LogP contribution in [0.25, 0.3) is 28.4 Å². The summed E-state index contributed by atoms with van der Waals surface area (Å²) in [7, 11) is 0. The Bertz CT molecular complexity index is 1240. The van der Waals surface area contributed by atoms with Crippen LogP contribution < -0.4 is 0 Å². The van der Waals surface area contributed by atoms with Crippen molar-refractivity contribution in [3.05, 3.63) is 66.4 Å². The lowest BCUT2D eigenvalue weighted by molar-refractivity contribution is 0.399. The Morgan fingerprint density at radius 3 is 2.71 bits per heavy atom. The third-order valence-electron chi connectivity index (χ3n) is 4.20. The Kier molecular flexibility index (Phi) is 4.13. The standard InChI is InChI=1S/C19H14N6O2S/c1-12-16(17(24-27-12)13-7-3-2-4-8-13)18-22-21-15(26-18)11-28-19-23-20-14-9-5-6-10-25(14)19/h2-10H,11H2,1H3. The first-order valence-corrected chi connectivity index (χ1v) is 9.55. The van der Waals surface area contributed by atoms with Crippen LogP contribution in [0.15, 0.2) is 68.8 Å². The van der Waals surface area contributed by atoms with E-state index >= 15 is 0 Å². The molecule has 0 saturated heterocycles. The van der Waals surface area contributed by atoms with E-state index in [1.54, 1.807) is 0 Å². The molecule has 0 aliphatic rings. The predicted molar refractivity (Wildman–Crippen MR) is 103 cm³/mol. The van der Waals surface area contributed by atoms with Crippen molar-refractivity contribution >= 4 is 17.4 Å². The second-order valence-corrected chi connectivity index (χ2v) is 6.97. The van der Waals surface area contributed by atoms with Gasteiger partial charge >= 0.3 is 0 Å². The number of rotatable bonds is 5. The molecule has 4 heterocycles. The first kappa shape index (κ1) is 16.7. The van der Waals surface area contributed by atoms with E-state index < -0.39 is 0 Å². The zero-order valence-corrected chi connectivity index (χ0v) is 15.6. The molecule has 0 fully saturated rings. The molecule has 0 unspecified atom stereocenters. The quantitative estimate of drug-likeness (QED) is 0.415. The summed E-state index contributed by atoms with van der Waals surface area (Å²) in [5, 5.41) is 21.6. The summed E-state index contributed by atoms with van der Waals surface area (Å²) >= 11 is 1.48. The Balaban J connectivity index is 1.41. The summed E-state index contributed by atoms with van der Waals surface area (Å²) in [6, 6.07) is 15.5. The Morgan fingerprint density at radius 2 is 1.82 bits per heavy atom. The molecule has 0 saturated carbocycles. The third kappa shape index (κ3) is 2.95. The first-order chi connectivity index (χ1) is 13.8. The van der Waals surface area contributed by atoms with Crippen molar-refractivity contribution in [3.63, 3.8) is 0 Å². The van der Waals surface area contributed by atoms with Crippen molar-refractivity contribution in [3.8, 4) is 22.7 Å². The number of nitrogens with zero attached hydrogens (tertiary/aromatic N) is 6. The normalized spacial score (nSPS) is 11.3. The fraction of sp³-hybridized carbons (Fsp3) is 0.105. The van der Waals surface area contributed by atoms with Crippen LogP contribution in [0, 0.1) is 6.92 Å². The van der Waals surface area contributed by atoms with Crippen molar-refractivity contribution in [2.75, 3.05) is 0 Å². The molecular formula is C19H14N6O2S. The van der Waals surface area contributed by atoms with Crippen LogP contribution in [0.4, 0.5) is 0 Å². The van der Waals surface area contributed by atoms with Crippen LogP contribution in [0.5, 0.6) is 0 Å². The SMILES string of the molecule is Cc1onc(-c2ccccc2)c1-c1nnc(CSc2nnc3ccccn23)o1. The molecule has 5 rings (SSSR count). The molecule has 5 aromatic rings. The van der Waals surface area contributed by atoms with Gasteiger partial charge < -0.3 is 8.94 Å². The molecule has 0 atom stereocenters. The van der Waals surface area contributed by atoms with Gasteiger partial charge in [-0.1, -0.05) is 53.3 Å². The van der Waals surface area contributed by atoms with E-state index in [0.717, 1.165) is 16.4 Å². The lowest BCUT2D eigenvalue weighted by atomic mass is 10.1. The van der Waals surface area contributed by atoms with Gasteiger partial charge in [0.2, 0.25) is 5.89 Å². The van der Waals surface area contributed by atoms with E-state index in [9.17, 15) is 0 Å². The molecule has 8 nitrogen and oxygen atoms in total. The Morgan fingerprint density at radius 1 is 0.964 bits per heavy atom. The van der Waals surface area contributed by atoms with E-state index in [1.165, 1.54) is 11.8 Å². The molecule has 0 aliphatic heterocycles. The smallest absolute Gasteiger partial charge is 0.253 e. The van der Waals surface area contributed by atoms with Crippen LogP contribution in [0.2, 0.25) is 0 Å². The molecule has 0 aliphatic carbocycles. The van der Waals surface area contributed by atoms with Crippen LogP contribution in [0.1, 0.15) is 11.7 Å². The Labute approximate surface area is 163 Å². The number of aromatic nitrogens is 6. The molecule has 1 aromatic carbocycles. The number of hydrogen-bond acceptors (Lipinski definition) is 8. The summed E-state index contributed by atoms with van der Waals surface area (Å²) < 4.78 is 13.2. The van der Waals surface area contributed by atoms with Crippen LogP contribution >= 0.6 is 11.8 Å². The number of hydrogen-bond donors (Lipinski definition) is 0. The largest absolute Gasteiger partial charge is 0.420 e. The molecule has 0 bridgehead atoms. The van der Waals surface area contributed by atoms with E-state index in [4.69, 9.17) is 8.94 Å². The molecule has 9 heteroatoms. The molecule has 0 radical (unpaired) electrons. The van der Waals surface area contributed by atoms with E-state index in [2.05, 4.69) is 25.6 Å². The van der Waals surface area contributed by atoms with Gasteiger partial charge in [-0.2, -0.15) is 0 Å². The maximum Gasteiger partial charge on any atom is 0.253 e. The van der Waals surface area contributed by atoms with E-state index in [-0.39, 0.29) is 0 Å². The molecule has 138 valence electrons. The van der Waals surface area contributed by atoms with E-state index in [1.807, 2.05) is 66.1 Å². The lowest BCUT2D eigenvalue weighted by Crippen LogP contribution is -1.87. The molecule has 0 spiro atoms. The summed E-state index contributed by atoms with van der Waals surface area (Å²) in [6.07, 6.45) is 1.92. The van der Waals surface area contributed by atoms with Crippen molar-refractivity contribution in [2.45, 2.75) is 17.8 Å². The summed E-state index contributed by atoms with van der Waals surface area (Å²) in [6.45, 7) is 1.83. The highest BCUT2D eigenvalue weighted by molar-refractivity contribution is 7.98. The second-order valence-electron chi connectivity index (χ2n) is 6.03. The lowest BCUT2D eigenvalue weighted by Gasteiger charge is -1.98. The number of fused-ring (bicyclic) bond motifs is 1. The van der Waals surface area contributed by atoms with Crippen LogP contribution in [-0.4, -0.2) is 30.0 Å². The zero-order chi connectivity index (χ0) is 18.9. The van der Waals surface area contributed by atoms with Gasteiger partial charge in [0, 0.05) is 11.8 Å². The summed E-state index contributed by atoms with van der Waals surface area (Å²) in [4.78, 5) is 0. The van der Waals surface area contributed by atoms with Gasteiger partial charge in [0.05, 0.1) is 5.75 Å². The average molecular weight is 390 g/mol. The van der Waals surface area contributed by atoms with Gasteiger partial charge in [0.1, 0.15) is 17.0 Å². The monoisotopic (exact) mass is 390 g/mol. The molecule has 0 N–H and O–H groups in total. The second kappa shape index (κ2) is 6.93. The fourth-order valence-electron chi connectivity index (χ4n) is 2.87. The minimum atomic E-state index is 0.388. The van der Waals surface area contributed by atoms with Gasteiger partial charge in [-0.15, -0.1) is 20.4 Å². The van der Waals surface area contributed by atoms with Gasteiger partial charge in [-0.25, -0.2) is 0 Å². The minimum absolute atomic E-state index is 0.388. The molecule has 28 heavy (non-hydrogen) atoms. The Hall–Kier alpha value is -3.46. The van der Waals surface area contributed by atoms with Gasteiger partial charge in [-0.05, 0) is 19.1 Å². The third-order valence-corrected chi connectivity index (χ3v) is 5.13. The summed E-state index contributed by atoms with van der Waals surface area (Å²) in [5.41, 5.74) is 3.12. The van der Waals surface area contributed by atoms with Gasteiger partial charge in [-0.3, -0.25) is 4.40 Å². The highest BCUT2D eigenvalue weighted by atomic mass is 32.2. The number of aryl methyl sites for hydroxylation is 1. The topological polar surface area (TPSA) is 95.1 Å². The average Bonchev–Trinajstić information content (AvgIpc) is 3.45. The van der Waals surface area contributed by atoms with Crippen molar-refractivity contribution in [2.24, 2.45) is 0 Å². The number of pyridine rings is 1. The van der Waals surface area contributed by atoms with Gasteiger partial charge in [0.15, 0.2) is 10.8 Å². The van der Waals surface area contributed by atoms with Crippen molar-refractivity contribution in [1.29, 1.82) is 0 Å². The van der Waals surface area contributed by atoms with E-state index in [0.29, 0.717) is 34.6 Å². The number of thioether (sulfide) groups is 1. The van der Waals surface area contributed by atoms with Gasteiger partial charge in [0.25, 0.3) is 5.89 Å². The van der Waals surface area contributed by atoms with Crippen LogP contribution in [-0.2, 0) is 5.75 Å². The molecule has 4 aromatic heterocycles. The fourth-order valence-corrected chi connectivity index (χ4v) is 3.64. The maximum absolute atomic E-state index is 5.88. The minimum Gasteiger partial charge on any atom is -0.420 e. The first-order valence-electron chi connectivity index (χ1n) is 8.56. The van der Waals surface area contributed by atoms with Crippen molar-refractivity contribution < 1.29 is 8.94 Å². The maximum atomic E-state index is 5.88. The van der Waals surface area contributed by atoms with Crippen LogP contribution in [0.3, 0.4) is 0 Å².